The summed E-state index contributed by atoms with van der Waals surface area (Å²) < 4.78 is 33.9. The molecule has 0 saturated carbocycles. The summed E-state index contributed by atoms with van der Waals surface area (Å²) in [6.07, 6.45) is 0.601. The van der Waals surface area contributed by atoms with Gasteiger partial charge in [-0.2, -0.15) is 0 Å². The third-order valence-electron chi connectivity index (χ3n) is 5.40. The number of anilines is 2. The van der Waals surface area contributed by atoms with E-state index in [-0.39, 0.29) is 10.8 Å². The van der Waals surface area contributed by atoms with E-state index < -0.39 is 10.0 Å². The monoisotopic (exact) mass is 436 g/mol. The van der Waals surface area contributed by atoms with Gasteiger partial charge in [0.25, 0.3) is 15.9 Å². The molecule has 1 aliphatic rings. The maximum absolute atomic E-state index is 13.0. The molecule has 0 spiro atoms. The predicted octanol–water partition coefficient (Wildman–Crippen LogP) is 4.32. The van der Waals surface area contributed by atoms with Gasteiger partial charge in [0.05, 0.1) is 17.7 Å². The molecular formula is C24H24N2O4S. The van der Waals surface area contributed by atoms with Crippen LogP contribution >= 0.6 is 0 Å². The lowest BCUT2D eigenvalue weighted by molar-refractivity contribution is 0.0989. The van der Waals surface area contributed by atoms with Gasteiger partial charge in [-0.05, 0) is 73.9 Å². The maximum Gasteiger partial charge on any atom is 0.262 e. The van der Waals surface area contributed by atoms with Crippen LogP contribution in [0.2, 0.25) is 0 Å². The summed E-state index contributed by atoms with van der Waals surface area (Å²) in [5, 5.41) is 0. The SMILES string of the molecule is COc1ccc(C)cc1NS(=O)(=O)c1ccc2c(c1)CCN2C(=O)c1ccc(C)cc1. The summed E-state index contributed by atoms with van der Waals surface area (Å²) in [7, 11) is -2.31. The van der Waals surface area contributed by atoms with Crippen molar-refractivity contribution in [3.63, 3.8) is 0 Å². The highest BCUT2D eigenvalue weighted by atomic mass is 32.2. The van der Waals surface area contributed by atoms with E-state index in [0.29, 0.717) is 30.0 Å². The number of ether oxygens (including phenoxy) is 1. The van der Waals surface area contributed by atoms with Gasteiger partial charge in [0.1, 0.15) is 5.75 Å². The van der Waals surface area contributed by atoms with E-state index in [4.69, 9.17) is 4.74 Å². The van der Waals surface area contributed by atoms with E-state index in [1.54, 1.807) is 29.2 Å². The summed E-state index contributed by atoms with van der Waals surface area (Å²) in [6, 6.07) is 17.6. The quantitative estimate of drug-likeness (QED) is 0.646. The molecule has 0 radical (unpaired) electrons. The van der Waals surface area contributed by atoms with Crippen LogP contribution in [0.1, 0.15) is 27.0 Å². The summed E-state index contributed by atoms with van der Waals surface area (Å²) in [5.41, 5.74) is 4.59. The van der Waals surface area contributed by atoms with Crippen molar-refractivity contribution >= 4 is 27.3 Å². The van der Waals surface area contributed by atoms with Crippen molar-refractivity contribution in [2.75, 3.05) is 23.3 Å². The van der Waals surface area contributed by atoms with Crippen LogP contribution in [0.5, 0.6) is 5.75 Å². The molecule has 1 aliphatic heterocycles. The van der Waals surface area contributed by atoms with Crippen LogP contribution in [-0.4, -0.2) is 28.0 Å². The van der Waals surface area contributed by atoms with Gasteiger partial charge < -0.3 is 9.64 Å². The smallest absolute Gasteiger partial charge is 0.262 e. The second kappa shape index (κ2) is 8.07. The van der Waals surface area contributed by atoms with E-state index in [0.717, 1.165) is 22.4 Å². The number of sulfonamides is 1. The normalized spacial score (nSPS) is 13.1. The molecule has 160 valence electrons. The van der Waals surface area contributed by atoms with Crippen molar-refractivity contribution in [1.82, 2.24) is 0 Å². The van der Waals surface area contributed by atoms with Gasteiger partial charge in [-0.15, -0.1) is 0 Å². The number of carbonyl (C=O) groups is 1. The molecule has 6 nitrogen and oxygen atoms in total. The maximum atomic E-state index is 13.0. The Morgan fingerprint density at radius 1 is 0.968 bits per heavy atom. The third-order valence-corrected chi connectivity index (χ3v) is 6.76. The Balaban J connectivity index is 1.61. The summed E-state index contributed by atoms with van der Waals surface area (Å²) in [5.74, 6) is 0.363. The minimum absolute atomic E-state index is 0.0861. The number of nitrogens with zero attached hydrogens (tertiary/aromatic N) is 1. The summed E-state index contributed by atoms with van der Waals surface area (Å²) in [4.78, 5) is 14.8. The van der Waals surface area contributed by atoms with Crippen LogP contribution in [0.4, 0.5) is 11.4 Å². The molecule has 0 unspecified atom stereocenters. The molecule has 0 aromatic heterocycles. The van der Waals surface area contributed by atoms with E-state index in [2.05, 4.69) is 4.72 Å². The molecule has 0 aliphatic carbocycles. The molecule has 3 aromatic carbocycles. The first-order valence-corrected chi connectivity index (χ1v) is 11.5. The molecule has 1 amide bonds. The van der Waals surface area contributed by atoms with Crippen molar-refractivity contribution in [2.24, 2.45) is 0 Å². The molecular weight excluding hydrogens is 412 g/mol. The number of aryl methyl sites for hydroxylation is 2. The van der Waals surface area contributed by atoms with Gasteiger partial charge in [-0.1, -0.05) is 23.8 Å². The van der Waals surface area contributed by atoms with Crippen molar-refractivity contribution < 1.29 is 17.9 Å². The van der Waals surface area contributed by atoms with Gasteiger partial charge in [0, 0.05) is 17.8 Å². The third kappa shape index (κ3) is 4.14. The molecule has 1 N–H and O–H groups in total. The Bertz CT molecular complexity index is 1250. The summed E-state index contributed by atoms with van der Waals surface area (Å²) in [6.45, 7) is 4.37. The van der Waals surface area contributed by atoms with Crippen molar-refractivity contribution in [2.45, 2.75) is 25.2 Å². The number of nitrogens with one attached hydrogen (secondary N) is 1. The number of methoxy groups -OCH3 is 1. The van der Waals surface area contributed by atoms with Crippen LogP contribution in [0.3, 0.4) is 0 Å². The van der Waals surface area contributed by atoms with Crippen LogP contribution in [0.25, 0.3) is 0 Å². The molecule has 0 atom stereocenters. The number of hydrogen-bond donors (Lipinski definition) is 1. The van der Waals surface area contributed by atoms with E-state index in [1.807, 2.05) is 44.2 Å². The van der Waals surface area contributed by atoms with E-state index in [9.17, 15) is 13.2 Å². The Labute approximate surface area is 182 Å². The van der Waals surface area contributed by atoms with E-state index in [1.165, 1.54) is 13.2 Å². The summed E-state index contributed by atoms with van der Waals surface area (Å²) >= 11 is 0. The minimum Gasteiger partial charge on any atom is -0.495 e. The van der Waals surface area contributed by atoms with Crippen LogP contribution in [0, 0.1) is 13.8 Å². The zero-order valence-corrected chi connectivity index (χ0v) is 18.5. The second-order valence-electron chi connectivity index (χ2n) is 7.67. The molecule has 0 saturated heterocycles. The first-order chi connectivity index (χ1) is 14.8. The number of carbonyl (C=O) groups excluding carboxylic acids is 1. The van der Waals surface area contributed by atoms with Crippen molar-refractivity contribution in [3.8, 4) is 5.75 Å². The predicted molar refractivity (Wildman–Crippen MR) is 122 cm³/mol. The minimum atomic E-state index is -3.81. The van der Waals surface area contributed by atoms with Crippen LogP contribution in [0.15, 0.2) is 65.6 Å². The highest BCUT2D eigenvalue weighted by Gasteiger charge is 2.27. The zero-order chi connectivity index (χ0) is 22.2. The molecule has 31 heavy (non-hydrogen) atoms. The van der Waals surface area contributed by atoms with Crippen LogP contribution in [-0.2, 0) is 16.4 Å². The largest absolute Gasteiger partial charge is 0.495 e. The molecule has 0 bridgehead atoms. The Morgan fingerprint density at radius 2 is 1.68 bits per heavy atom. The number of amides is 1. The van der Waals surface area contributed by atoms with Crippen molar-refractivity contribution in [1.29, 1.82) is 0 Å². The van der Waals surface area contributed by atoms with Gasteiger partial charge in [-0.3, -0.25) is 9.52 Å². The van der Waals surface area contributed by atoms with Gasteiger partial charge >= 0.3 is 0 Å². The fourth-order valence-corrected chi connectivity index (χ4v) is 4.82. The van der Waals surface area contributed by atoms with Crippen molar-refractivity contribution in [3.05, 3.63) is 82.9 Å². The lowest BCUT2D eigenvalue weighted by Crippen LogP contribution is -2.28. The van der Waals surface area contributed by atoms with Gasteiger partial charge in [0.2, 0.25) is 0 Å². The molecule has 1 heterocycles. The number of rotatable bonds is 5. The second-order valence-corrected chi connectivity index (χ2v) is 9.35. The first kappa shape index (κ1) is 20.9. The fraction of sp³-hybridized carbons (Fsp3) is 0.208. The molecule has 3 aromatic rings. The number of fused-ring (bicyclic) bond motifs is 1. The lowest BCUT2D eigenvalue weighted by Gasteiger charge is -2.18. The van der Waals surface area contributed by atoms with Gasteiger partial charge in [0.15, 0.2) is 0 Å². The van der Waals surface area contributed by atoms with E-state index >= 15 is 0 Å². The van der Waals surface area contributed by atoms with Crippen LogP contribution < -0.4 is 14.4 Å². The average Bonchev–Trinajstić information content (AvgIpc) is 3.17. The first-order valence-electron chi connectivity index (χ1n) is 9.97. The molecule has 0 fully saturated rings. The Morgan fingerprint density at radius 3 is 2.39 bits per heavy atom. The topological polar surface area (TPSA) is 75.7 Å². The molecule has 4 rings (SSSR count). The average molecular weight is 437 g/mol. The molecule has 7 heteroatoms. The highest BCUT2D eigenvalue weighted by Crippen LogP contribution is 2.33. The zero-order valence-electron chi connectivity index (χ0n) is 17.7. The Hall–Kier alpha value is -3.32. The fourth-order valence-electron chi connectivity index (χ4n) is 3.71. The Kier molecular flexibility index (Phi) is 5.45. The standard InChI is InChI=1S/C24H24N2O4S/c1-16-4-7-18(8-5-16)24(27)26-13-12-19-15-20(9-10-22(19)26)31(28,29)25-21-14-17(2)6-11-23(21)30-3/h4-11,14-15,25H,12-13H2,1-3H3. The number of hydrogen-bond acceptors (Lipinski definition) is 4. The lowest BCUT2D eigenvalue weighted by atomic mass is 10.1. The van der Waals surface area contributed by atoms with Gasteiger partial charge in [-0.25, -0.2) is 8.42 Å². The highest BCUT2D eigenvalue weighted by molar-refractivity contribution is 7.92. The number of benzene rings is 3.